The summed E-state index contributed by atoms with van der Waals surface area (Å²) >= 11 is 5.68. The molecule has 0 spiro atoms. The summed E-state index contributed by atoms with van der Waals surface area (Å²) in [5, 5.41) is 2.03. The minimum atomic E-state index is -0.622. The summed E-state index contributed by atoms with van der Waals surface area (Å²) < 4.78 is 5.27. The minimum absolute atomic E-state index is 0.233. The van der Waals surface area contributed by atoms with Crippen molar-refractivity contribution in [3.63, 3.8) is 0 Å². The second-order valence-electron chi connectivity index (χ2n) is 6.17. The summed E-state index contributed by atoms with van der Waals surface area (Å²) in [7, 11) is 0. The lowest BCUT2D eigenvalue weighted by Gasteiger charge is -2.14. The molecule has 0 bridgehead atoms. The van der Waals surface area contributed by atoms with E-state index in [0.717, 1.165) is 24.1 Å². The highest BCUT2D eigenvalue weighted by Gasteiger charge is 2.52. The van der Waals surface area contributed by atoms with Crippen molar-refractivity contribution in [2.45, 2.75) is 36.8 Å². The average Bonchev–Trinajstić information content (AvgIpc) is 3.30. The Labute approximate surface area is 145 Å². The fourth-order valence-corrected chi connectivity index (χ4v) is 2.81. The molecule has 2 aliphatic rings. The predicted molar refractivity (Wildman–Crippen MR) is 89.9 cm³/mol. The Morgan fingerprint density at radius 2 is 2.17 bits per heavy atom. The lowest BCUT2D eigenvalue weighted by molar-refractivity contribution is -0.120. The zero-order chi connectivity index (χ0) is 17.3. The van der Waals surface area contributed by atoms with Gasteiger partial charge in [0.2, 0.25) is 5.91 Å². The first-order chi connectivity index (χ1) is 11.4. The molecule has 2 atom stereocenters. The molecule has 1 aliphatic carbocycles. The van der Waals surface area contributed by atoms with E-state index in [4.69, 9.17) is 22.9 Å². The number of carbonyl (C=O) groups excluding carboxylic acids is 2. The zero-order valence-corrected chi connectivity index (χ0v) is 14.0. The molecule has 1 saturated heterocycles. The number of carbonyl (C=O) groups is 2. The summed E-state index contributed by atoms with van der Waals surface area (Å²) in [6, 6.07) is 7.48. The maximum absolute atomic E-state index is 12.0. The Bertz CT molecular complexity index is 692. The van der Waals surface area contributed by atoms with Gasteiger partial charge in [0.1, 0.15) is 11.5 Å². The molecule has 1 aromatic rings. The molecule has 1 saturated carbocycles. The normalized spacial score (nSPS) is 22.5. The number of hydrogen-bond acceptors (Lipinski definition) is 3. The number of nitrogens with zero attached hydrogens (tertiary/aromatic N) is 2. The molecule has 2 amide bonds. The van der Waals surface area contributed by atoms with Crippen molar-refractivity contribution in [1.29, 1.82) is 0 Å². The molecule has 0 radical (unpaired) electrons. The van der Waals surface area contributed by atoms with Crippen LogP contribution >= 0.6 is 11.6 Å². The first-order valence-electron chi connectivity index (χ1n) is 7.84. The van der Waals surface area contributed by atoms with Crippen molar-refractivity contribution < 1.29 is 14.3 Å². The third kappa shape index (κ3) is 3.17. The van der Waals surface area contributed by atoms with Crippen LogP contribution in [0.5, 0.6) is 0 Å². The van der Waals surface area contributed by atoms with Crippen LogP contribution in [0.4, 0.5) is 10.5 Å². The first-order valence-corrected chi connectivity index (χ1v) is 8.28. The van der Waals surface area contributed by atoms with E-state index in [-0.39, 0.29) is 18.0 Å². The van der Waals surface area contributed by atoms with Gasteiger partial charge in [-0.2, -0.15) is 0 Å². The Morgan fingerprint density at radius 3 is 2.71 bits per heavy atom. The quantitative estimate of drug-likeness (QED) is 0.658. The summed E-state index contributed by atoms with van der Waals surface area (Å²) in [4.78, 5) is 28.7. The number of hydrogen-bond donors (Lipinski definition) is 1. The largest absolute Gasteiger partial charge is 0.442 e. The first kappa shape index (κ1) is 16.6. The number of ether oxygens (including phenoxy) is 1. The van der Waals surface area contributed by atoms with Crippen LogP contribution in [0.1, 0.15) is 25.3 Å². The third-order valence-electron chi connectivity index (χ3n) is 4.39. The van der Waals surface area contributed by atoms with Gasteiger partial charge < -0.3 is 14.9 Å². The molecule has 1 heterocycles. The Morgan fingerprint density at radius 1 is 1.50 bits per heavy atom. The van der Waals surface area contributed by atoms with Gasteiger partial charge in [-0.15, -0.1) is 11.6 Å². The topological polar surface area (TPSA) is 63.0 Å². The van der Waals surface area contributed by atoms with Gasteiger partial charge in [-0.3, -0.25) is 9.69 Å². The average molecular weight is 348 g/mol. The molecule has 3 rings (SSSR count). The molecule has 1 aliphatic heterocycles. The highest BCUT2D eigenvalue weighted by molar-refractivity contribution is 6.30. The van der Waals surface area contributed by atoms with Crippen LogP contribution in [0, 0.1) is 6.57 Å². The van der Waals surface area contributed by atoms with Crippen LogP contribution in [0.3, 0.4) is 0 Å². The summed E-state index contributed by atoms with van der Waals surface area (Å²) in [6.07, 6.45) is 0.937. The van der Waals surface area contributed by atoms with E-state index < -0.39 is 17.6 Å². The monoisotopic (exact) mass is 347 g/mol. The maximum Gasteiger partial charge on any atom is 0.414 e. The van der Waals surface area contributed by atoms with E-state index in [1.54, 1.807) is 6.92 Å². The molecule has 2 fully saturated rings. The third-order valence-corrected chi connectivity index (χ3v) is 4.59. The fourth-order valence-electron chi connectivity index (χ4n) is 2.73. The molecule has 6 nitrogen and oxygen atoms in total. The van der Waals surface area contributed by atoms with E-state index in [0.29, 0.717) is 6.54 Å². The number of nitrogens with one attached hydrogen (secondary N) is 1. The molecular formula is C17H18ClN3O3. The van der Waals surface area contributed by atoms with Crippen molar-refractivity contribution in [2.75, 3.05) is 18.0 Å². The van der Waals surface area contributed by atoms with Gasteiger partial charge in [0, 0.05) is 24.1 Å². The number of anilines is 1. The second kappa shape index (κ2) is 6.33. The maximum atomic E-state index is 12.0. The highest BCUT2D eigenvalue weighted by atomic mass is 35.5. The van der Waals surface area contributed by atoms with Crippen LogP contribution in [0.15, 0.2) is 24.3 Å². The number of alkyl halides is 1. The molecule has 0 aromatic heterocycles. The van der Waals surface area contributed by atoms with Gasteiger partial charge in [-0.25, -0.2) is 11.4 Å². The molecule has 1 N–H and O–H groups in total. The van der Waals surface area contributed by atoms with Crippen molar-refractivity contribution in [2.24, 2.45) is 0 Å². The Hall–Kier alpha value is -2.26. The van der Waals surface area contributed by atoms with Gasteiger partial charge in [0.15, 0.2) is 0 Å². The number of cyclic esters (lactones) is 1. The van der Waals surface area contributed by atoms with Gasteiger partial charge in [-0.1, -0.05) is 0 Å². The molecule has 1 aromatic carbocycles. The van der Waals surface area contributed by atoms with Crippen LogP contribution in [-0.4, -0.2) is 36.6 Å². The fraction of sp³-hybridized carbons (Fsp3) is 0.471. The lowest BCUT2D eigenvalue weighted by atomic mass is 10.1. The van der Waals surface area contributed by atoms with E-state index in [9.17, 15) is 9.59 Å². The number of rotatable bonds is 5. The van der Waals surface area contributed by atoms with E-state index in [1.165, 1.54) is 4.90 Å². The molecule has 0 unspecified atom stereocenters. The minimum Gasteiger partial charge on any atom is -0.442 e. The SMILES string of the molecule is [C-]#[N+]C1(c2ccc(N3C[C@H](CNC(=O)[C@H](C)Cl)OC3=O)cc2)CC1. The van der Waals surface area contributed by atoms with Crippen LogP contribution in [0.2, 0.25) is 0 Å². The smallest absolute Gasteiger partial charge is 0.414 e. The molecule has 7 heteroatoms. The van der Waals surface area contributed by atoms with Crippen LogP contribution < -0.4 is 10.2 Å². The standard InChI is InChI=1S/C17H18ClN3O3/c1-11(18)15(22)20-9-14-10-21(16(23)24-14)13-5-3-12(4-6-13)17(19-2)7-8-17/h3-6,11,14H,7-10H2,1H3,(H,20,22)/t11-,14-/m0/s1. The van der Waals surface area contributed by atoms with Gasteiger partial charge in [0.05, 0.1) is 13.1 Å². The summed E-state index contributed by atoms with van der Waals surface area (Å²) in [5.41, 5.74) is 1.37. The Balaban J connectivity index is 1.62. The lowest BCUT2D eigenvalue weighted by Crippen LogP contribution is -2.37. The predicted octanol–water partition coefficient (Wildman–Crippen LogP) is 2.66. The number of amides is 2. The van der Waals surface area contributed by atoms with Crippen LogP contribution in [-0.2, 0) is 15.1 Å². The Kier molecular flexibility index (Phi) is 4.37. The van der Waals surface area contributed by atoms with Crippen molar-refractivity contribution in [1.82, 2.24) is 5.32 Å². The van der Waals surface area contributed by atoms with Crippen molar-refractivity contribution in [3.8, 4) is 0 Å². The van der Waals surface area contributed by atoms with Gasteiger partial charge >= 0.3 is 6.09 Å². The van der Waals surface area contributed by atoms with Gasteiger partial charge in [0.25, 0.3) is 5.54 Å². The summed E-state index contributed by atoms with van der Waals surface area (Å²) in [5.74, 6) is -0.288. The van der Waals surface area contributed by atoms with E-state index >= 15 is 0 Å². The second-order valence-corrected chi connectivity index (χ2v) is 6.82. The molecule has 126 valence electrons. The number of benzene rings is 1. The highest BCUT2D eigenvalue weighted by Crippen LogP contribution is 2.49. The zero-order valence-electron chi connectivity index (χ0n) is 13.3. The summed E-state index contributed by atoms with van der Waals surface area (Å²) in [6.45, 7) is 9.47. The van der Waals surface area contributed by atoms with E-state index in [1.807, 2.05) is 24.3 Å². The van der Waals surface area contributed by atoms with E-state index in [2.05, 4.69) is 10.2 Å². The van der Waals surface area contributed by atoms with Crippen molar-refractivity contribution in [3.05, 3.63) is 41.2 Å². The molecule has 24 heavy (non-hydrogen) atoms. The van der Waals surface area contributed by atoms with Crippen LogP contribution in [0.25, 0.3) is 4.85 Å². The van der Waals surface area contributed by atoms with Crippen molar-refractivity contribution >= 4 is 29.3 Å². The molecular weight excluding hydrogens is 330 g/mol. The number of halogens is 1. The van der Waals surface area contributed by atoms with Gasteiger partial charge in [-0.05, 0) is 31.2 Å².